The van der Waals surface area contributed by atoms with Crippen LogP contribution in [0.4, 0.5) is 0 Å². The molecule has 1 unspecified atom stereocenters. The average Bonchev–Trinajstić information content (AvgIpc) is 2.57. The molecule has 1 aliphatic rings. The summed E-state index contributed by atoms with van der Waals surface area (Å²) < 4.78 is 11.5. The Morgan fingerprint density at radius 2 is 2.00 bits per heavy atom. The molecular formula is C20H20O4. The average molecular weight is 324 g/mol. The molecule has 3 rings (SSSR count). The minimum absolute atomic E-state index is 0.107. The molecule has 0 bridgehead atoms. The van der Waals surface area contributed by atoms with Crippen LogP contribution in [0.1, 0.15) is 47.9 Å². The SMILES string of the molecule is COc1cc(O)c2c(c1C=C(C)C)OC(c1ccccc1)CC2=O. The highest BCUT2D eigenvalue weighted by Crippen LogP contribution is 2.46. The molecule has 124 valence electrons. The minimum atomic E-state index is -0.373. The molecular weight excluding hydrogens is 304 g/mol. The van der Waals surface area contributed by atoms with E-state index in [9.17, 15) is 9.90 Å². The van der Waals surface area contributed by atoms with Gasteiger partial charge in [-0.05, 0) is 25.5 Å². The van der Waals surface area contributed by atoms with E-state index in [1.165, 1.54) is 13.2 Å². The lowest BCUT2D eigenvalue weighted by Gasteiger charge is -2.28. The summed E-state index contributed by atoms with van der Waals surface area (Å²) in [5.41, 5.74) is 2.88. The van der Waals surface area contributed by atoms with Crippen molar-refractivity contribution in [2.45, 2.75) is 26.4 Å². The van der Waals surface area contributed by atoms with Crippen molar-refractivity contribution in [3.63, 3.8) is 0 Å². The summed E-state index contributed by atoms with van der Waals surface area (Å²) in [6.07, 6.45) is 1.73. The molecule has 0 amide bonds. The molecule has 0 saturated carbocycles. The summed E-state index contributed by atoms with van der Waals surface area (Å²) in [6.45, 7) is 3.91. The molecule has 0 aliphatic carbocycles. The van der Waals surface area contributed by atoms with Gasteiger partial charge < -0.3 is 14.6 Å². The summed E-state index contributed by atoms with van der Waals surface area (Å²) >= 11 is 0. The third-order valence-corrected chi connectivity index (χ3v) is 4.00. The Hall–Kier alpha value is -2.75. The maximum atomic E-state index is 12.6. The number of rotatable bonds is 3. The van der Waals surface area contributed by atoms with E-state index in [4.69, 9.17) is 9.47 Å². The van der Waals surface area contributed by atoms with Crippen LogP contribution in [0.15, 0.2) is 42.0 Å². The standard InChI is InChI=1S/C20H20O4/c1-12(2)9-14-18(23-3)11-16(22)19-15(21)10-17(24-20(14)19)13-7-5-4-6-8-13/h4-9,11,17,22H,10H2,1-3H3. The lowest BCUT2D eigenvalue weighted by Crippen LogP contribution is -2.21. The Morgan fingerprint density at radius 3 is 2.62 bits per heavy atom. The van der Waals surface area contributed by atoms with Crippen molar-refractivity contribution in [3.8, 4) is 17.2 Å². The summed E-state index contributed by atoms with van der Waals surface area (Å²) in [7, 11) is 1.53. The number of hydrogen-bond acceptors (Lipinski definition) is 4. The number of aromatic hydroxyl groups is 1. The maximum absolute atomic E-state index is 12.6. The topological polar surface area (TPSA) is 55.8 Å². The van der Waals surface area contributed by atoms with Crippen molar-refractivity contribution < 1.29 is 19.4 Å². The Morgan fingerprint density at radius 1 is 1.29 bits per heavy atom. The van der Waals surface area contributed by atoms with Crippen LogP contribution in [0.5, 0.6) is 17.2 Å². The largest absolute Gasteiger partial charge is 0.507 e. The summed E-state index contributed by atoms with van der Waals surface area (Å²) in [5, 5.41) is 10.3. The quantitative estimate of drug-likeness (QED) is 0.901. The van der Waals surface area contributed by atoms with Gasteiger partial charge in [0.1, 0.15) is 28.9 Å². The molecule has 2 aromatic carbocycles. The number of ether oxygens (including phenoxy) is 2. The number of hydrogen-bond donors (Lipinski definition) is 1. The van der Waals surface area contributed by atoms with E-state index in [0.717, 1.165) is 11.1 Å². The number of carbonyl (C=O) groups excluding carboxylic acids is 1. The van der Waals surface area contributed by atoms with Crippen molar-refractivity contribution in [2.24, 2.45) is 0 Å². The number of carbonyl (C=O) groups is 1. The molecule has 1 aliphatic heterocycles. The van der Waals surface area contributed by atoms with Crippen molar-refractivity contribution >= 4 is 11.9 Å². The monoisotopic (exact) mass is 324 g/mol. The van der Waals surface area contributed by atoms with Crippen LogP contribution in [0, 0.1) is 0 Å². The minimum Gasteiger partial charge on any atom is -0.507 e. The van der Waals surface area contributed by atoms with Gasteiger partial charge in [-0.15, -0.1) is 0 Å². The first kappa shape index (κ1) is 16.1. The van der Waals surface area contributed by atoms with E-state index < -0.39 is 0 Å². The number of ketones is 1. The van der Waals surface area contributed by atoms with Crippen LogP contribution in [0.2, 0.25) is 0 Å². The van der Waals surface area contributed by atoms with E-state index in [2.05, 4.69) is 0 Å². The van der Waals surface area contributed by atoms with Crippen LogP contribution in [0.25, 0.3) is 6.08 Å². The highest BCUT2D eigenvalue weighted by atomic mass is 16.5. The zero-order valence-electron chi connectivity index (χ0n) is 14.0. The Labute approximate surface area is 141 Å². The van der Waals surface area contributed by atoms with Gasteiger partial charge in [0.2, 0.25) is 0 Å². The highest BCUT2D eigenvalue weighted by molar-refractivity contribution is 6.04. The second kappa shape index (κ2) is 6.40. The summed E-state index contributed by atoms with van der Waals surface area (Å²) in [4.78, 5) is 12.6. The number of phenolic OH excluding ortho intramolecular Hbond substituents is 1. The van der Waals surface area contributed by atoms with Crippen molar-refractivity contribution in [1.82, 2.24) is 0 Å². The van der Waals surface area contributed by atoms with Crippen molar-refractivity contribution in [2.75, 3.05) is 7.11 Å². The van der Waals surface area contributed by atoms with Gasteiger partial charge in [0.25, 0.3) is 0 Å². The van der Waals surface area contributed by atoms with Gasteiger partial charge in [-0.25, -0.2) is 0 Å². The number of Topliss-reactive ketones (excluding diaryl/α,β-unsaturated/α-hetero) is 1. The first-order valence-corrected chi connectivity index (χ1v) is 7.85. The number of fused-ring (bicyclic) bond motifs is 1. The van der Waals surface area contributed by atoms with Crippen LogP contribution in [-0.2, 0) is 0 Å². The van der Waals surface area contributed by atoms with Gasteiger partial charge in [0.15, 0.2) is 5.78 Å². The molecule has 1 N–H and O–H groups in total. The van der Waals surface area contributed by atoms with Gasteiger partial charge in [0.05, 0.1) is 19.1 Å². The Balaban J connectivity index is 2.17. The molecule has 0 radical (unpaired) electrons. The Bertz CT molecular complexity index is 802. The maximum Gasteiger partial charge on any atom is 0.174 e. The van der Waals surface area contributed by atoms with Crippen LogP contribution in [-0.4, -0.2) is 18.0 Å². The molecule has 0 saturated heterocycles. The molecule has 0 fully saturated rings. The first-order chi connectivity index (χ1) is 11.5. The number of phenols is 1. The predicted octanol–water partition coefficient (Wildman–Crippen LogP) is 4.53. The highest BCUT2D eigenvalue weighted by Gasteiger charge is 2.33. The molecule has 4 heteroatoms. The second-order valence-corrected chi connectivity index (χ2v) is 6.08. The van der Waals surface area contributed by atoms with Crippen LogP contribution in [0.3, 0.4) is 0 Å². The fourth-order valence-electron chi connectivity index (χ4n) is 2.93. The lowest BCUT2D eigenvalue weighted by atomic mass is 9.93. The predicted molar refractivity (Wildman–Crippen MR) is 92.7 cm³/mol. The van der Waals surface area contributed by atoms with Crippen molar-refractivity contribution in [1.29, 1.82) is 0 Å². The number of methoxy groups -OCH3 is 1. The molecule has 24 heavy (non-hydrogen) atoms. The van der Waals surface area contributed by atoms with Gasteiger partial charge in [-0.3, -0.25) is 4.79 Å². The van der Waals surface area contributed by atoms with E-state index in [0.29, 0.717) is 17.1 Å². The third kappa shape index (κ3) is 2.87. The van der Waals surface area contributed by atoms with Crippen LogP contribution >= 0.6 is 0 Å². The fourth-order valence-corrected chi connectivity index (χ4v) is 2.93. The third-order valence-electron chi connectivity index (χ3n) is 4.00. The molecule has 4 nitrogen and oxygen atoms in total. The molecule has 2 aromatic rings. The fraction of sp³-hybridized carbons (Fsp3) is 0.250. The van der Waals surface area contributed by atoms with Gasteiger partial charge >= 0.3 is 0 Å². The summed E-state index contributed by atoms with van der Waals surface area (Å²) in [6, 6.07) is 11.1. The molecule has 0 aromatic heterocycles. The van der Waals surface area contributed by atoms with Gasteiger partial charge in [-0.1, -0.05) is 35.9 Å². The van der Waals surface area contributed by atoms with Gasteiger partial charge in [-0.2, -0.15) is 0 Å². The smallest absolute Gasteiger partial charge is 0.174 e. The molecule has 0 spiro atoms. The van der Waals surface area contributed by atoms with E-state index in [1.807, 2.05) is 50.3 Å². The molecule has 1 atom stereocenters. The Kier molecular flexibility index (Phi) is 4.30. The molecule has 1 heterocycles. The second-order valence-electron chi connectivity index (χ2n) is 6.08. The van der Waals surface area contributed by atoms with Crippen LogP contribution < -0.4 is 9.47 Å². The lowest BCUT2D eigenvalue weighted by molar-refractivity contribution is 0.0844. The zero-order valence-corrected chi connectivity index (χ0v) is 14.0. The first-order valence-electron chi connectivity index (χ1n) is 7.85. The number of benzene rings is 2. The van der Waals surface area contributed by atoms with E-state index in [1.54, 1.807) is 0 Å². The van der Waals surface area contributed by atoms with E-state index >= 15 is 0 Å². The zero-order chi connectivity index (χ0) is 17.3. The summed E-state index contributed by atoms with van der Waals surface area (Å²) in [5.74, 6) is 0.630. The normalized spacial score (nSPS) is 16.1. The number of allylic oxidation sites excluding steroid dienone is 1. The van der Waals surface area contributed by atoms with E-state index in [-0.39, 0.29) is 29.6 Å². The van der Waals surface area contributed by atoms with Gasteiger partial charge in [0, 0.05) is 6.07 Å². The van der Waals surface area contributed by atoms with Crippen molar-refractivity contribution in [3.05, 3.63) is 58.7 Å².